The molecule has 0 saturated carbocycles. The third-order valence-electron chi connectivity index (χ3n) is 5.18. The second-order valence-electron chi connectivity index (χ2n) is 7.63. The van der Waals surface area contributed by atoms with Gasteiger partial charge in [-0.1, -0.05) is 29.8 Å². The van der Waals surface area contributed by atoms with Crippen LogP contribution < -0.4 is 5.32 Å². The number of fused-ring (bicyclic) bond motifs is 1. The fourth-order valence-electron chi connectivity index (χ4n) is 3.70. The summed E-state index contributed by atoms with van der Waals surface area (Å²) in [4.78, 5) is 52.0. The Morgan fingerprint density at radius 3 is 2.03 bits per heavy atom. The Balaban J connectivity index is 1.55. The molecule has 0 spiro atoms. The standard InChI is InChI=1S/C23H25N3O4/c1-14-11-15(2)21(16(3)12-14)24-19(27)13-25(4)20(28)9-10-26-22(29)17-7-5-6-8-18(17)23(26)30/h5-8,11-12H,9-10,13H2,1-4H3,(H,24,27). The van der Waals surface area contributed by atoms with Gasteiger partial charge in [-0.15, -0.1) is 0 Å². The van der Waals surface area contributed by atoms with Crippen molar-refractivity contribution >= 4 is 29.3 Å². The Labute approximate surface area is 175 Å². The molecule has 1 heterocycles. The molecule has 2 aromatic carbocycles. The fraction of sp³-hybridized carbons (Fsp3) is 0.304. The van der Waals surface area contributed by atoms with E-state index in [1.807, 2.05) is 32.9 Å². The topological polar surface area (TPSA) is 86.8 Å². The van der Waals surface area contributed by atoms with Gasteiger partial charge in [-0.25, -0.2) is 0 Å². The molecular weight excluding hydrogens is 382 g/mol. The molecule has 30 heavy (non-hydrogen) atoms. The Morgan fingerprint density at radius 1 is 0.967 bits per heavy atom. The van der Waals surface area contributed by atoms with Crippen LogP contribution in [-0.4, -0.2) is 53.6 Å². The maximum Gasteiger partial charge on any atom is 0.261 e. The zero-order valence-corrected chi connectivity index (χ0v) is 17.6. The minimum atomic E-state index is -0.394. The number of carbonyl (C=O) groups excluding carboxylic acids is 4. The van der Waals surface area contributed by atoms with E-state index in [2.05, 4.69) is 5.32 Å². The molecule has 7 nitrogen and oxygen atoms in total. The summed E-state index contributed by atoms with van der Waals surface area (Å²) >= 11 is 0. The number of rotatable bonds is 6. The Hall–Kier alpha value is -3.48. The van der Waals surface area contributed by atoms with Crippen LogP contribution in [0.1, 0.15) is 43.8 Å². The van der Waals surface area contributed by atoms with Gasteiger partial charge in [-0.3, -0.25) is 24.1 Å². The number of benzene rings is 2. The largest absolute Gasteiger partial charge is 0.336 e. The molecular formula is C23H25N3O4. The molecule has 0 aliphatic carbocycles. The van der Waals surface area contributed by atoms with E-state index in [4.69, 9.17) is 0 Å². The Bertz CT molecular complexity index is 986. The molecule has 0 fully saturated rings. The number of amides is 4. The number of imide groups is 1. The molecule has 156 valence electrons. The smallest absolute Gasteiger partial charge is 0.261 e. The van der Waals surface area contributed by atoms with Gasteiger partial charge >= 0.3 is 0 Å². The van der Waals surface area contributed by atoms with E-state index < -0.39 is 11.8 Å². The molecule has 1 aliphatic rings. The lowest BCUT2D eigenvalue weighted by Gasteiger charge is -2.20. The summed E-state index contributed by atoms with van der Waals surface area (Å²) in [6.07, 6.45) is -0.0438. The summed E-state index contributed by atoms with van der Waals surface area (Å²) in [7, 11) is 1.53. The molecule has 0 bridgehead atoms. The van der Waals surface area contributed by atoms with Gasteiger partial charge in [-0.05, 0) is 44.0 Å². The van der Waals surface area contributed by atoms with E-state index >= 15 is 0 Å². The highest BCUT2D eigenvalue weighted by atomic mass is 16.2. The van der Waals surface area contributed by atoms with Crippen molar-refractivity contribution in [3.63, 3.8) is 0 Å². The van der Waals surface area contributed by atoms with Crippen molar-refractivity contribution in [2.45, 2.75) is 27.2 Å². The van der Waals surface area contributed by atoms with Crippen LogP contribution in [-0.2, 0) is 9.59 Å². The summed E-state index contributed by atoms with van der Waals surface area (Å²) in [6.45, 7) is 5.70. The number of nitrogens with one attached hydrogen (secondary N) is 1. The van der Waals surface area contributed by atoms with Crippen molar-refractivity contribution in [2.24, 2.45) is 0 Å². The Morgan fingerprint density at radius 2 is 1.50 bits per heavy atom. The second kappa shape index (κ2) is 8.49. The maximum atomic E-state index is 12.4. The maximum absolute atomic E-state index is 12.4. The number of nitrogens with zero attached hydrogens (tertiary/aromatic N) is 2. The molecule has 4 amide bonds. The van der Waals surface area contributed by atoms with Crippen molar-refractivity contribution in [2.75, 3.05) is 25.5 Å². The normalized spacial score (nSPS) is 12.7. The van der Waals surface area contributed by atoms with Gasteiger partial charge in [0.05, 0.1) is 17.7 Å². The van der Waals surface area contributed by atoms with Gasteiger partial charge in [-0.2, -0.15) is 0 Å². The van der Waals surface area contributed by atoms with Crippen LogP contribution in [0.3, 0.4) is 0 Å². The van der Waals surface area contributed by atoms with Gasteiger partial charge in [0, 0.05) is 25.7 Å². The lowest BCUT2D eigenvalue weighted by atomic mass is 10.1. The second-order valence-corrected chi connectivity index (χ2v) is 7.63. The van der Waals surface area contributed by atoms with Crippen LogP contribution in [0, 0.1) is 20.8 Å². The number of carbonyl (C=O) groups is 4. The van der Waals surface area contributed by atoms with Crippen LogP contribution >= 0.6 is 0 Å². The van der Waals surface area contributed by atoms with E-state index in [0.29, 0.717) is 11.1 Å². The highest BCUT2D eigenvalue weighted by Crippen LogP contribution is 2.23. The molecule has 3 rings (SSSR count). The first-order valence-electron chi connectivity index (χ1n) is 9.76. The quantitative estimate of drug-likeness (QED) is 0.746. The van der Waals surface area contributed by atoms with Crippen LogP contribution in [0.5, 0.6) is 0 Å². The summed E-state index contributed by atoms with van der Waals surface area (Å²) in [5, 5.41) is 2.86. The van der Waals surface area contributed by atoms with Gasteiger partial charge in [0.1, 0.15) is 0 Å². The fourth-order valence-corrected chi connectivity index (χ4v) is 3.70. The van der Waals surface area contributed by atoms with E-state index in [0.717, 1.165) is 27.3 Å². The minimum Gasteiger partial charge on any atom is -0.336 e. The van der Waals surface area contributed by atoms with Crippen LogP contribution in [0.15, 0.2) is 36.4 Å². The van der Waals surface area contributed by atoms with Crippen LogP contribution in [0.2, 0.25) is 0 Å². The van der Waals surface area contributed by atoms with E-state index in [9.17, 15) is 19.2 Å². The number of hydrogen-bond acceptors (Lipinski definition) is 4. The molecule has 1 N–H and O–H groups in total. The average Bonchev–Trinajstić information content (AvgIpc) is 2.93. The van der Waals surface area contributed by atoms with Gasteiger partial charge < -0.3 is 10.2 Å². The Kier molecular flexibility index (Phi) is 6.01. The van der Waals surface area contributed by atoms with E-state index in [1.165, 1.54) is 11.9 Å². The monoisotopic (exact) mass is 407 g/mol. The number of anilines is 1. The molecule has 1 aliphatic heterocycles. The van der Waals surface area contributed by atoms with Crippen molar-refractivity contribution in [1.29, 1.82) is 0 Å². The van der Waals surface area contributed by atoms with Gasteiger partial charge in [0.25, 0.3) is 11.8 Å². The van der Waals surface area contributed by atoms with E-state index in [-0.39, 0.29) is 31.3 Å². The van der Waals surface area contributed by atoms with Crippen molar-refractivity contribution in [3.8, 4) is 0 Å². The molecule has 0 saturated heterocycles. The molecule has 0 radical (unpaired) electrons. The first kappa shape index (κ1) is 21.2. The molecule has 0 unspecified atom stereocenters. The molecule has 0 aromatic heterocycles. The zero-order valence-electron chi connectivity index (χ0n) is 17.6. The molecule has 0 atom stereocenters. The highest BCUT2D eigenvalue weighted by molar-refractivity contribution is 6.21. The number of aryl methyl sites for hydroxylation is 3. The lowest BCUT2D eigenvalue weighted by molar-refractivity contribution is -0.133. The van der Waals surface area contributed by atoms with Crippen molar-refractivity contribution < 1.29 is 19.2 Å². The third kappa shape index (κ3) is 4.25. The molecule has 7 heteroatoms. The van der Waals surface area contributed by atoms with Crippen molar-refractivity contribution in [3.05, 3.63) is 64.2 Å². The number of hydrogen-bond donors (Lipinski definition) is 1. The summed E-state index contributed by atoms with van der Waals surface area (Å²) in [5.74, 6) is -1.41. The molecule has 2 aromatic rings. The SMILES string of the molecule is Cc1cc(C)c(NC(=O)CN(C)C(=O)CCN2C(=O)c3ccccc3C2=O)c(C)c1. The summed E-state index contributed by atoms with van der Waals surface area (Å²) in [6, 6.07) is 10.6. The summed E-state index contributed by atoms with van der Waals surface area (Å²) < 4.78 is 0. The summed E-state index contributed by atoms with van der Waals surface area (Å²) in [5.41, 5.74) is 4.49. The highest BCUT2D eigenvalue weighted by Gasteiger charge is 2.35. The first-order valence-corrected chi connectivity index (χ1v) is 9.76. The first-order chi connectivity index (χ1) is 14.2. The lowest BCUT2D eigenvalue weighted by Crippen LogP contribution is -2.38. The van der Waals surface area contributed by atoms with Crippen LogP contribution in [0.25, 0.3) is 0 Å². The van der Waals surface area contributed by atoms with E-state index in [1.54, 1.807) is 24.3 Å². The van der Waals surface area contributed by atoms with Crippen LogP contribution in [0.4, 0.5) is 5.69 Å². The zero-order chi connectivity index (χ0) is 22.0. The minimum absolute atomic E-state index is 0.0205. The van der Waals surface area contributed by atoms with Gasteiger partial charge in [0.15, 0.2) is 0 Å². The van der Waals surface area contributed by atoms with Crippen molar-refractivity contribution in [1.82, 2.24) is 9.80 Å². The predicted molar refractivity (Wildman–Crippen MR) is 113 cm³/mol. The third-order valence-corrected chi connectivity index (χ3v) is 5.18. The predicted octanol–water partition coefficient (Wildman–Crippen LogP) is 2.70. The number of likely N-dealkylation sites (N-methyl/N-ethyl adjacent to an activating group) is 1. The van der Waals surface area contributed by atoms with Gasteiger partial charge in [0.2, 0.25) is 11.8 Å². The average molecular weight is 407 g/mol.